The number of likely N-dealkylation sites (tertiary alicyclic amines) is 2. The van der Waals surface area contributed by atoms with Gasteiger partial charge < -0.3 is 25.0 Å². The zero-order valence-corrected chi connectivity index (χ0v) is 16.1. The number of hydrogen-bond donors (Lipinski definition) is 2. The molecule has 0 bridgehead atoms. The van der Waals surface area contributed by atoms with E-state index < -0.39 is 11.9 Å². The smallest absolute Gasteiger partial charge is 0.321 e. The summed E-state index contributed by atoms with van der Waals surface area (Å²) in [5, 5.41) is 12.0. The monoisotopic (exact) mass is 389 g/mol. The van der Waals surface area contributed by atoms with Crippen LogP contribution in [0.4, 0.5) is 10.5 Å². The summed E-state index contributed by atoms with van der Waals surface area (Å²) in [5.74, 6) is -0.953. The molecule has 3 amide bonds. The first-order valence-electron chi connectivity index (χ1n) is 9.79. The number of carboxylic acids is 1. The van der Waals surface area contributed by atoms with E-state index in [1.165, 1.54) is 0 Å². The van der Waals surface area contributed by atoms with Crippen molar-refractivity contribution in [1.29, 1.82) is 0 Å². The Labute approximate surface area is 164 Å². The van der Waals surface area contributed by atoms with E-state index in [1.54, 1.807) is 21.9 Å². The molecule has 2 aliphatic heterocycles. The van der Waals surface area contributed by atoms with Crippen molar-refractivity contribution >= 4 is 23.6 Å². The number of unbranched alkanes of at least 4 members (excludes halogenated alkanes) is 1. The standard InChI is InChI=1S/C20H27N3O5/c1-2-3-10-28-17-6-4-15(5-7-17)21-20(27)22-9-8-16(13-22)23-12-14(19(25)26)11-18(23)24/h4-7,14,16H,2-3,8-13H2,1H3,(H,21,27)(H,25,26). The average molecular weight is 389 g/mol. The van der Waals surface area contributed by atoms with Crippen LogP contribution in [0.5, 0.6) is 5.75 Å². The summed E-state index contributed by atoms with van der Waals surface area (Å²) in [5.41, 5.74) is 0.680. The van der Waals surface area contributed by atoms with Crippen LogP contribution in [0.1, 0.15) is 32.6 Å². The van der Waals surface area contributed by atoms with Crippen molar-refractivity contribution < 1.29 is 24.2 Å². The number of rotatable bonds is 7. The molecule has 0 spiro atoms. The third kappa shape index (κ3) is 4.74. The van der Waals surface area contributed by atoms with E-state index in [2.05, 4.69) is 12.2 Å². The highest BCUT2D eigenvalue weighted by molar-refractivity contribution is 5.90. The summed E-state index contributed by atoms with van der Waals surface area (Å²) in [6, 6.07) is 6.92. The fourth-order valence-corrected chi connectivity index (χ4v) is 3.60. The van der Waals surface area contributed by atoms with Gasteiger partial charge in [-0.3, -0.25) is 9.59 Å². The lowest BCUT2D eigenvalue weighted by atomic mass is 10.1. The number of ether oxygens (including phenoxy) is 1. The van der Waals surface area contributed by atoms with Gasteiger partial charge in [0, 0.05) is 31.7 Å². The molecule has 0 radical (unpaired) electrons. The molecular weight excluding hydrogens is 362 g/mol. The summed E-state index contributed by atoms with van der Waals surface area (Å²) in [6.07, 6.45) is 2.78. The highest BCUT2D eigenvalue weighted by Gasteiger charge is 2.40. The Bertz CT molecular complexity index is 721. The molecule has 1 aromatic rings. The van der Waals surface area contributed by atoms with E-state index in [0.717, 1.165) is 18.6 Å². The van der Waals surface area contributed by atoms with Gasteiger partial charge in [0.05, 0.1) is 18.6 Å². The van der Waals surface area contributed by atoms with Gasteiger partial charge in [-0.15, -0.1) is 0 Å². The molecule has 3 rings (SSSR count). The number of hydrogen-bond acceptors (Lipinski definition) is 4. The van der Waals surface area contributed by atoms with Gasteiger partial charge in [-0.1, -0.05) is 13.3 Å². The lowest BCUT2D eigenvalue weighted by Crippen LogP contribution is -2.41. The molecule has 1 aromatic carbocycles. The van der Waals surface area contributed by atoms with Crippen molar-refractivity contribution in [3.05, 3.63) is 24.3 Å². The van der Waals surface area contributed by atoms with Crippen molar-refractivity contribution in [1.82, 2.24) is 9.80 Å². The number of benzene rings is 1. The van der Waals surface area contributed by atoms with Gasteiger partial charge in [-0.25, -0.2) is 4.79 Å². The summed E-state index contributed by atoms with van der Waals surface area (Å²) >= 11 is 0. The Morgan fingerprint density at radius 3 is 2.64 bits per heavy atom. The minimum atomic E-state index is -0.939. The van der Waals surface area contributed by atoms with Crippen LogP contribution in [0, 0.1) is 5.92 Å². The Balaban J connectivity index is 1.49. The van der Waals surface area contributed by atoms with Crippen LogP contribution in [0.3, 0.4) is 0 Å². The van der Waals surface area contributed by atoms with Crippen molar-refractivity contribution in [2.24, 2.45) is 5.92 Å². The number of carbonyl (C=O) groups excluding carboxylic acids is 2. The molecule has 2 aliphatic rings. The van der Waals surface area contributed by atoms with Crippen molar-refractivity contribution in [3.8, 4) is 5.75 Å². The first-order valence-corrected chi connectivity index (χ1v) is 9.79. The summed E-state index contributed by atoms with van der Waals surface area (Å²) < 4.78 is 5.61. The average Bonchev–Trinajstić information content (AvgIpc) is 3.30. The van der Waals surface area contributed by atoms with Crippen LogP contribution >= 0.6 is 0 Å². The topological polar surface area (TPSA) is 99.2 Å². The Hall–Kier alpha value is -2.77. The zero-order chi connectivity index (χ0) is 20.1. The van der Waals surface area contributed by atoms with Crippen molar-refractivity contribution in [2.75, 3.05) is 31.6 Å². The Morgan fingerprint density at radius 1 is 1.25 bits per heavy atom. The van der Waals surface area contributed by atoms with Crippen LogP contribution in [0.15, 0.2) is 24.3 Å². The molecule has 2 unspecified atom stereocenters. The third-order valence-corrected chi connectivity index (χ3v) is 5.27. The lowest BCUT2D eigenvalue weighted by molar-refractivity contribution is -0.141. The largest absolute Gasteiger partial charge is 0.494 e. The van der Waals surface area contributed by atoms with Crippen LogP contribution in [0.25, 0.3) is 0 Å². The van der Waals surface area contributed by atoms with E-state index in [4.69, 9.17) is 9.84 Å². The second-order valence-corrected chi connectivity index (χ2v) is 7.33. The van der Waals surface area contributed by atoms with Gasteiger partial charge in [0.15, 0.2) is 0 Å². The highest BCUT2D eigenvalue weighted by atomic mass is 16.5. The Morgan fingerprint density at radius 2 is 2.00 bits per heavy atom. The molecular formula is C20H27N3O5. The number of aliphatic carboxylic acids is 1. The van der Waals surface area contributed by atoms with Crippen LogP contribution in [-0.4, -0.2) is 65.1 Å². The number of anilines is 1. The lowest BCUT2D eigenvalue weighted by Gasteiger charge is -2.24. The molecule has 8 nitrogen and oxygen atoms in total. The summed E-state index contributed by atoms with van der Waals surface area (Å²) in [4.78, 5) is 39.0. The number of nitrogens with zero attached hydrogens (tertiary/aromatic N) is 2. The predicted molar refractivity (Wildman–Crippen MR) is 103 cm³/mol. The minimum Gasteiger partial charge on any atom is -0.494 e. The van der Waals surface area contributed by atoms with Crippen molar-refractivity contribution in [3.63, 3.8) is 0 Å². The van der Waals surface area contributed by atoms with Gasteiger partial charge in [-0.2, -0.15) is 0 Å². The quantitative estimate of drug-likeness (QED) is 0.698. The fraction of sp³-hybridized carbons (Fsp3) is 0.550. The molecule has 2 atom stereocenters. The normalized spacial score (nSPS) is 21.8. The summed E-state index contributed by atoms with van der Waals surface area (Å²) in [7, 11) is 0. The first kappa shape index (κ1) is 20.0. The minimum absolute atomic E-state index is 0.0463. The maximum Gasteiger partial charge on any atom is 0.321 e. The Kier molecular flexibility index (Phi) is 6.38. The van der Waals surface area contributed by atoms with Gasteiger partial charge in [-0.05, 0) is 37.1 Å². The van der Waals surface area contributed by atoms with Gasteiger partial charge in [0.25, 0.3) is 0 Å². The molecule has 0 saturated carbocycles. The first-order chi connectivity index (χ1) is 13.5. The molecule has 0 aliphatic carbocycles. The molecule has 28 heavy (non-hydrogen) atoms. The van der Waals surface area contributed by atoms with Gasteiger partial charge in [0.2, 0.25) is 5.91 Å². The van der Waals surface area contributed by atoms with E-state index in [9.17, 15) is 14.4 Å². The number of urea groups is 1. The molecule has 2 N–H and O–H groups in total. The maximum absolute atomic E-state index is 12.5. The molecule has 2 heterocycles. The third-order valence-electron chi connectivity index (χ3n) is 5.27. The van der Waals surface area contributed by atoms with Crippen molar-refractivity contribution in [2.45, 2.75) is 38.6 Å². The van der Waals surface area contributed by atoms with Crippen LogP contribution < -0.4 is 10.1 Å². The van der Waals surface area contributed by atoms with E-state index in [0.29, 0.717) is 31.8 Å². The molecule has 2 saturated heterocycles. The van der Waals surface area contributed by atoms with Crippen LogP contribution in [0.2, 0.25) is 0 Å². The second kappa shape index (κ2) is 8.95. The number of nitrogens with one attached hydrogen (secondary N) is 1. The second-order valence-electron chi connectivity index (χ2n) is 7.33. The van der Waals surface area contributed by atoms with Gasteiger partial charge in [0.1, 0.15) is 5.75 Å². The number of carboxylic acid groups (broad SMARTS) is 1. The van der Waals surface area contributed by atoms with E-state index in [-0.39, 0.29) is 30.9 Å². The molecule has 0 aromatic heterocycles. The van der Waals surface area contributed by atoms with E-state index in [1.807, 2.05) is 12.1 Å². The van der Waals surface area contributed by atoms with E-state index >= 15 is 0 Å². The van der Waals surface area contributed by atoms with Gasteiger partial charge >= 0.3 is 12.0 Å². The SMILES string of the molecule is CCCCOc1ccc(NC(=O)N2CCC(N3CC(C(=O)O)CC3=O)C2)cc1. The number of amides is 3. The molecule has 8 heteroatoms. The predicted octanol–water partition coefficient (Wildman–Crippen LogP) is 2.40. The van der Waals surface area contributed by atoms with Crippen LogP contribution in [-0.2, 0) is 9.59 Å². The highest BCUT2D eigenvalue weighted by Crippen LogP contribution is 2.26. The molecule has 2 fully saturated rings. The number of carbonyl (C=O) groups is 3. The zero-order valence-electron chi connectivity index (χ0n) is 16.1. The summed E-state index contributed by atoms with van der Waals surface area (Å²) in [6.45, 7) is 3.97. The molecule has 152 valence electrons. The maximum atomic E-state index is 12.5. The fourth-order valence-electron chi connectivity index (χ4n) is 3.60.